The fraction of sp³-hybridized carbons (Fsp3) is 0.200. The average Bonchev–Trinajstić information content (AvgIpc) is 2.47. The molecule has 0 aromatic heterocycles. The lowest BCUT2D eigenvalue weighted by Crippen LogP contribution is -2.25. The molecule has 1 heterocycles. The molecule has 0 saturated heterocycles. The Morgan fingerprint density at radius 2 is 1.80 bits per heavy atom. The Kier molecular flexibility index (Phi) is 4.01. The van der Waals surface area contributed by atoms with Crippen molar-refractivity contribution in [2.45, 2.75) is 16.2 Å². The van der Waals surface area contributed by atoms with Gasteiger partial charge >= 0.3 is 0 Å². The van der Waals surface area contributed by atoms with Crippen molar-refractivity contribution in [2.75, 3.05) is 17.3 Å². The molecule has 3 rings (SSSR count). The van der Waals surface area contributed by atoms with Gasteiger partial charge < -0.3 is 4.90 Å². The van der Waals surface area contributed by atoms with Crippen molar-refractivity contribution in [1.29, 1.82) is 0 Å². The highest BCUT2D eigenvalue weighted by Crippen LogP contribution is 2.42. The second kappa shape index (κ2) is 5.76. The molecule has 0 spiro atoms. The van der Waals surface area contributed by atoms with Gasteiger partial charge in [0.15, 0.2) is 0 Å². The molecule has 0 N–H and O–H groups in total. The van der Waals surface area contributed by atoms with E-state index < -0.39 is 10.8 Å². The SMILES string of the molecule is O=S1c2ccccc2N(CCCCl)c2cc(Cl)ccc21. The third-order valence-electron chi connectivity index (χ3n) is 3.28. The van der Waals surface area contributed by atoms with E-state index in [1.54, 1.807) is 6.07 Å². The Labute approximate surface area is 130 Å². The first-order valence-electron chi connectivity index (χ1n) is 6.36. The molecule has 1 aliphatic rings. The van der Waals surface area contributed by atoms with Crippen molar-refractivity contribution in [3.05, 3.63) is 47.5 Å². The van der Waals surface area contributed by atoms with Crippen LogP contribution in [0.25, 0.3) is 0 Å². The lowest BCUT2D eigenvalue weighted by molar-refractivity contribution is 0.681. The molecule has 0 amide bonds. The Hall–Kier alpha value is -1.03. The van der Waals surface area contributed by atoms with E-state index >= 15 is 0 Å². The maximum absolute atomic E-state index is 12.7. The molecular formula is C15H13Cl2NOS. The Morgan fingerprint density at radius 3 is 2.60 bits per heavy atom. The fourth-order valence-electron chi connectivity index (χ4n) is 2.40. The molecule has 104 valence electrons. The minimum absolute atomic E-state index is 0.595. The summed E-state index contributed by atoms with van der Waals surface area (Å²) in [6.45, 7) is 0.783. The summed E-state index contributed by atoms with van der Waals surface area (Å²) >= 11 is 11.9. The predicted molar refractivity (Wildman–Crippen MR) is 84.9 cm³/mol. The molecular weight excluding hydrogens is 313 g/mol. The predicted octanol–water partition coefficient (Wildman–Crippen LogP) is 4.59. The lowest BCUT2D eigenvalue weighted by Gasteiger charge is -2.32. The van der Waals surface area contributed by atoms with E-state index in [0.717, 1.165) is 34.1 Å². The van der Waals surface area contributed by atoms with Crippen molar-refractivity contribution in [2.24, 2.45) is 0 Å². The fourth-order valence-corrected chi connectivity index (χ4v) is 4.05. The van der Waals surface area contributed by atoms with Gasteiger partial charge in [-0.15, -0.1) is 11.6 Å². The number of para-hydroxylation sites is 1. The van der Waals surface area contributed by atoms with Crippen molar-refractivity contribution >= 4 is 45.4 Å². The molecule has 5 heteroatoms. The quantitative estimate of drug-likeness (QED) is 0.769. The average molecular weight is 326 g/mol. The molecule has 2 nitrogen and oxygen atoms in total. The summed E-state index contributed by atoms with van der Waals surface area (Å²) in [6, 6.07) is 13.3. The molecule has 0 radical (unpaired) electrons. The summed E-state index contributed by atoms with van der Waals surface area (Å²) in [5.41, 5.74) is 1.89. The monoisotopic (exact) mass is 325 g/mol. The van der Waals surface area contributed by atoms with Gasteiger partial charge in [-0.3, -0.25) is 0 Å². The Morgan fingerprint density at radius 1 is 1.05 bits per heavy atom. The summed E-state index contributed by atoms with van der Waals surface area (Å²) in [7, 11) is -1.16. The molecule has 0 aliphatic carbocycles. The van der Waals surface area contributed by atoms with E-state index in [9.17, 15) is 4.21 Å². The molecule has 0 bridgehead atoms. The van der Waals surface area contributed by atoms with Crippen molar-refractivity contribution in [3.63, 3.8) is 0 Å². The van der Waals surface area contributed by atoms with Gasteiger partial charge in [0.05, 0.1) is 32.0 Å². The zero-order valence-corrected chi connectivity index (χ0v) is 13.0. The number of benzene rings is 2. The third kappa shape index (κ3) is 2.34. The van der Waals surface area contributed by atoms with Gasteiger partial charge in [-0.25, -0.2) is 4.21 Å². The molecule has 2 aromatic rings. The van der Waals surface area contributed by atoms with E-state index in [4.69, 9.17) is 23.2 Å². The number of anilines is 2. The van der Waals surface area contributed by atoms with Gasteiger partial charge in [-0.1, -0.05) is 23.7 Å². The largest absolute Gasteiger partial charge is 0.339 e. The normalized spacial score (nSPS) is 16.7. The van der Waals surface area contributed by atoms with E-state index in [-0.39, 0.29) is 0 Å². The molecule has 1 unspecified atom stereocenters. The van der Waals surface area contributed by atoms with E-state index in [1.807, 2.05) is 36.4 Å². The number of rotatable bonds is 3. The molecule has 1 aliphatic heterocycles. The molecule has 20 heavy (non-hydrogen) atoms. The van der Waals surface area contributed by atoms with Gasteiger partial charge in [0, 0.05) is 17.4 Å². The zero-order valence-electron chi connectivity index (χ0n) is 10.7. The van der Waals surface area contributed by atoms with Gasteiger partial charge in [-0.05, 0) is 36.8 Å². The summed E-state index contributed by atoms with van der Waals surface area (Å²) in [5.74, 6) is 0.595. The highest BCUT2D eigenvalue weighted by molar-refractivity contribution is 7.85. The van der Waals surface area contributed by atoms with E-state index in [1.165, 1.54) is 0 Å². The van der Waals surface area contributed by atoms with Gasteiger partial charge in [0.25, 0.3) is 0 Å². The second-order valence-electron chi connectivity index (χ2n) is 4.54. The van der Waals surface area contributed by atoms with Crippen LogP contribution in [0.3, 0.4) is 0 Å². The molecule has 2 aromatic carbocycles. The highest BCUT2D eigenvalue weighted by Gasteiger charge is 2.27. The van der Waals surface area contributed by atoms with Gasteiger partial charge in [0.2, 0.25) is 0 Å². The van der Waals surface area contributed by atoms with Crippen LogP contribution >= 0.6 is 23.2 Å². The number of alkyl halides is 1. The number of fused-ring (bicyclic) bond motifs is 2. The zero-order chi connectivity index (χ0) is 14.1. The van der Waals surface area contributed by atoms with Crippen LogP contribution < -0.4 is 4.90 Å². The third-order valence-corrected chi connectivity index (χ3v) is 5.27. The van der Waals surface area contributed by atoms with Crippen LogP contribution in [-0.2, 0) is 10.8 Å². The first-order chi connectivity index (χ1) is 9.72. The van der Waals surface area contributed by atoms with Gasteiger partial charge in [0.1, 0.15) is 0 Å². The summed E-state index contributed by atoms with van der Waals surface area (Å²) in [4.78, 5) is 3.81. The van der Waals surface area contributed by atoms with Crippen LogP contribution in [0, 0.1) is 0 Å². The first-order valence-corrected chi connectivity index (χ1v) is 8.42. The topological polar surface area (TPSA) is 20.3 Å². The first kappa shape index (κ1) is 13.9. The summed E-state index contributed by atoms with van der Waals surface area (Å²) in [5, 5.41) is 0.649. The molecule has 0 fully saturated rings. The van der Waals surface area contributed by atoms with Crippen molar-refractivity contribution in [3.8, 4) is 0 Å². The summed E-state index contributed by atoms with van der Waals surface area (Å²) in [6.07, 6.45) is 0.856. The maximum Gasteiger partial charge on any atom is 0.0892 e. The van der Waals surface area contributed by atoms with Crippen LogP contribution in [0.15, 0.2) is 52.3 Å². The van der Waals surface area contributed by atoms with Crippen LogP contribution in [0.2, 0.25) is 5.02 Å². The van der Waals surface area contributed by atoms with Crippen LogP contribution in [0.1, 0.15) is 6.42 Å². The van der Waals surface area contributed by atoms with Crippen LogP contribution in [0.4, 0.5) is 11.4 Å². The standard InChI is InChI=1S/C15H13Cl2NOS/c16-8-3-9-18-12-4-1-2-5-14(12)20(19)15-7-6-11(17)10-13(15)18/h1-2,4-7,10H,3,8-9H2. The Balaban J connectivity index is 2.17. The van der Waals surface area contributed by atoms with E-state index in [2.05, 4.69) is 4.90 Å². The highest BCUT2D eigenvalue weighted by atomic mass is 35.5. The van der Waals surface area contributed by atoms with Crippen LogP contribution in [0.5, 0.6) is 0 Å². The molecule has 0 saturated carbocycles. The number of nitrogens with zero attached hydrogens (tertiary/aromatic N) is 1. The molecule has 1 atom stereocenters. The second-order valence-corrected chi connectivity index (χ2v) is 6.77. The van der Waals surface area contributed by atoms with E-state index in [0.29, 0.717) is 10.9 Å². The number of halogens is 2. The number of hydrogen-bond donors (Lipinski definition) is 0. The van der Waals surface area contributed by atoms with Crippen LogP contribution in [-0.4, -0.2) is 16.6 Å². The lowest BCUT2D eigenvalue weighted by atomic mass is 10.2. The maximum atomic E-state index is 12.7. The van der Waals surface area contributed by atoms with Crippen molar-refractivity contribution < 1.29 is 4.21 Å². The number of hydrogen-bond acceptors (Lipinski definition) is 2. The minimum atomic E-state index is -1.16. The smallest absolute Gasteiger partial charge is 0.0892 e. The minimum Gasteiger partial charge on any atom is -0.339 e. The van der Waals surface area contributed by atoms with Crippen molar-refractivity contribution in [1.82, 2.24) is 0 Å². The summed E-state index contributed by atoms with van der Waals surface area (Å²) < 4.78 is 12.7. The Bertz CT molecular complexity index is 675. The van der Waals surface area contributed by atoms with Gasteiger partial charge in [-0.2, -0.15) is 0 Å².